The van der Waals surface area contributed by atoms with Gasteiger partial charge in [0.2, 0.25) is 5.91 Å². The van der Waals surface area contributed by atoms with Gasteiger partial charge in [-0.15, -0.1) is 0 Å². The Balaban J connectivity index is 2.13. The van der Waals surface area contributed by atoms with Crippen molar-refractivity contribution in [3.8, 4) is 0 Å². The second-order valence-corrected chi connectivity index (χ2v) is 5.82. The molecule has 0 bridgehead atoms. The fraction of sp³-hybridized carbons (Fsp3) is 0.333. The number of pyridine rings is 1. The molecule has 0 saturated heterocycles. The predicted molar refractivity (Wildman–Crippen MR) is 88.1 cm³/mol. The predicted octanol–water partition coefficient (Wildman–Crippen LogP) is 3.44. The van der Waals surface area contributed by atoms with Crippen LogP contribution in [0.15, 0.2) is 47.4 Å². The molecule has 2 aromatic rings. The highest BCUT2D eigenvalue weighted by atomic mass is 19.4. The van der Waals surface area contributed by atoms with Gasteiger partial charge in [0.05, 0.1) is 11.6 Å². The van der Waals surface area contributed by atoms with Crippen molar-refractivity contribution in [2.45, 2.75) is 39.0 Å². The second-order valence-electron chi connectivity index (χ2n) is 5.82. The van der Waals surface area contributed by atoms with Gasteiger partial charge in [0.1, 0.15) is 6.54 Å². The highest BCUT2D eigenvalue weighted by Crippen LogP contribution is 2.28. The van der Waals surface area contributed by atoms with Gasteiger partial charge in [-0.25, -0.2) is 0 Å². The Hall–Kier alpha value is -2.57. The molecule has 1 aromatic carbocycles. The third-order valence-corrected chi connectivity index (χ3v) is 3.85. The van der Waals surface area contributed by atoms with E-state index >= 15 is 0 Å². The van der Waals surface area contributed by atoms with Crippen molar-refractivity contribution in [2.24, 2.45) is 0 Å². The number of hydrogen-bond acceptors (Lipinski definition) is 2. The molecule has 2 rings (SSSR count). The molecule has 1 atom stereocenters. The van der Waals surface area contributed by atoms with Gasteiger partial charge < -0.3 is 9.88 Å². The van der Waals surface area contributed by atoms with Gasteiger partial charge in [-0.05, 0) is 25.0 Å². The number of aromatic nitrogens is 1. The molecule has 0 aliphatic rings. The summed E-state index contributed by atoms with van der Waals surface area (Å²) in [6.45, 7) is 3.37. The van der Waals surface area contributed by atoms with Crippen LogP contribution in [0.1, 0.15) is 36.1 Å². The van der Waals surface area contributed by atoms with E-state index in [0.29, 0.717) is 18.7 Å². The van der Waals surface area contributed by atoms with Crippen molar-refractivity contribution in [1.82, 2.24) is 9.88 Å². The first-order valence-corrected chi connectivity index (χ1v) is 7.84. The summed E-state index contributed by atoms with van der Waals surface area (Å²) in [5.74, 6) is -0.520. The van der Waals surface area contributed by atoms with E-state index in [2.05, 4.69) is 5.32 Å². The average Bonchev–Trinajstić information content (AvgIpc) is 2.54. The van der Waals surface area contributed by atoms with Crippen LogP contribution in [0.4, 0.5) is 13.2 Å². The van der Waals surface area contributed by atoms with Crippen molar-refractivity contribution in [2.75, 3.05) is 0 Å². The van der Waals surface area contributed by atoms with Crippen LogP contribution in [0.5, 0.6) is 0 Å². The van der Waals surface area contributed by atoms with Gasteiger partial charge in [-0.2, -0.15) is 13.2 Å². The fourth-order valence-electron chi connectivity index (χ4n) is 2.44. The average molecular weight is 352 g/mol. The molecule has 0 aliphatic carbocycles. The van der Waals surface area contributed by atoms with E-state index in [9.17, 15) is 22.8 Å². The Morgan fingerprint density at radius 2 is 1.80 bits per heavy atom. The Kier molecular flexibility index (Phi) is 5.66. The summed E-state index contributed by atoms with van der Waals surface area (Å²) in [6, 6.07) is 8.86. The molecular weight excluding hydrogens is 333 g/mol. The standard InChI is InChI=1S/C18H19F3N2O2/c1-3-15(13-6-4-12(2)5-7-13)22-16(24)11-23-10-14(18(19,20)21)8-9-17(23)25/h4-10,15H,3,11H2,1-2H3,(H,22,24)/t15-/m0/s1. The number of aryl methyl sites for hydroxylation is 1. The maximum absolute atomic E-state index is 12.7. The van der Waals surface area contributed by atoms with E-state index in [4.69, 9.17) is 0 Å². The van der Waals surface area contributed by atoms with Crippen molar-refractivity contribution in [3.63, 3.8) is 0 Å². The van der Waals surface area contributed by atoms with Crippen molar-refractivity contribution < 1.29 is 18.0 Å². The summed E-state index contributed by atoms with van der Waals surface area (Å²) in [5.41, 5.74) is 0.357. The topological polar surface area (TPSA) is 51.1 Å². The first kappa shape index (κ1) is 18.8. The Bertz CT molecular complexity index is 795. The minimum Gasteiger partial charge on any atom is -0.348 e. The van der Waals surface area contributed by atoms with Crippen LogP contribution >= 0.6 is 0 Å². The zero-order valence-corrected chi connectivity index (χ0v) is 13.9. The minimum atomic E-state index is -4.57. The van der Waals surface area contributed by atoms with Crippen LogP contribution in [-0.4, -0.2) is 10.5 Å². The lowest BCUT2D eigenvalue weighted by Crippen LogP contribution is -2.34. The molecule has 7 heteroatoms. The zero-order valence-electron chi connectivity index (χ0n) is 13.9. The van der Waals surface area contributed by atoms with Crippen molar-refractivity contribution in [1.29, 1.82) is 0 Å². The summed E-state index contributed by atoms with van der Waals surface area (Å²) >= 11 is 0. The number of hydrogen-bond donors (Lipinski definition) is 1. The van der Waals surface area contributed by atoms with Crippen molar-refractivity contribution in [3.05, 3.63) is 69.6 Å². The van der Waals surface area contributed by atoms with Crippen LogP contribution < -0.4 is 10.9 Å². The molecule has 0 aliphatic heterocycles. The molecule has 134 valence electrons. The molecule has 1 aromatic heterocycles. The normalized spacial score (nSPS) is 12.7. The number of halogens is 3. The Morgan fingerprint density at radius 1 is 1.16 bits per heavy atom. The third kappa shape index (κ3) is 4.95. The molecule has 0 fully saturated rings. The van der Waals surface area contributed by atoms with Crippen LogP contribution in [0, 0.1) is 6.92 Å². The summed E-state index contributed by atoms with van der Waals surface area (Å²) in [5, 5.41) is 2.76. The van der Waals surface area contributed by atoms with Crippen LogP contribution in [-0.2, 0) is 17.5 Å². The second kappa shape index (κ2) is 7.55. The summed E-state index contributed by atoms with van der Waals surface area (Å²) in [7, 11) is 0. The Morgan fingerprint density at radius 3 is 2.36 bits per heavy atom. The molecule has 4 nitrogen and oxygen atoms in total. The maximum atomic E-state index is 12.7. The largest absolute Gasteiger partial charge is 0.417 e. The zero-order chi connectivity index (χ0) is 18.6. The molecule has 0 radical (unpaired) electrons. The lowest BCUT2D eigenvalue weighted by atomic mass is 10.0. The van der Waals surface area contributed by atoms with Gasteiger partial charge in [-0.3, -0.25) is 9.59 Å². The highest BCUT2D eigenvalue weighted by molar-refractivity contribution is 5.76. The number of benzene rings is 1. The van der Waals surface area contributed by atoms with E-state index in [0.717, 1.165) is 21.8 Å². The van der Waals surface area contributed by atoms with Gasteiger partial charge in [0.25, 0.3) is 5.56 Å². The molecular formula is C18H19F3N2O2. The first-order valence-electron chi connectivity index (χ1n) is 7.84. The van der Waals surface area contributed by atoms with Crippen LogP contribution in [0.2, 0.25) is 0 Å². The number of rotatable bonds is 5. The molecule has 0 spiro atoms. The van der Waals surface area contributed by atoms with E-state index < -0.39 is 29.8 Å². The summed E-state index contributed by atoms with van der Waals surface area (Å²) < 4.78 is 39.0. The number of nitrogens with zero attached hydrogens (tertiary/aromatic N) is 1. The molecule has 1 amide bonds. The van der Waals surface area contributed by atoms with Crippen LogP contribution in [0.25, 0.3) is 0 Å². The van der Waals surface area contributed by atoms with E-state index in [1.165, 1.54) is 0 Å². The van der Waals surface area contributed by atoms with Crippen molar-refractivity contribution >= 4 is 5.91 Å². The maximum Gasteiger partial charge on any atom is 0.417 e. The number of amides is 1. The number of nitrogens with one attached hydrogen (secondary N) is 1. The smallest absolute Gasteiger partial charge is 0.348 e. The molecule has 25 heavy (non-hydrogen) atoms. The quantitative estimate of drug-likeness (QED) is 0.896. The Labute approximate surface area is 143 Å². The first-order chi connectivity index (χ1) is 11.7. The molecule has 1 N–H and O–H groups in total. The monoisotopic (exact) mass is 352 g/mol. The van der Waals surface area contributed by atoms with E-state index in [1.54, 1.807) is 0 Å². The van der Waals surface area contributed by atoms with E-state index in [1.807, 2.05) is 38.1 Å². The van der Waals surface area contributed by atoms with Gasteiger partial charge in [-0.1, -0.05) is 36.8 Å². The lowest BCUT2D eigenvalue weighted by molar-refractivity contribution is -0.138. The highest BCUT2D eigenvalue weighted by Gasteiger charge is 2.31. The third-order valence-electron chi connectivity index (χ3n) is 3.85. The molecule has 1 heterocycles. The number of carbonyl (C=O) groups excluding carboxylic acids is 1. The van der Waals surface area contributed by atoms with Gasteiger partial charge in [0.15, 0.2) is 0 Å². The number of alkyl halides is 3. The van der Waals surface area contributed by atoms with E-state index in [-0.39, 0.29) is 6.04 Å². The van der Waals surface area contributed by atoms with Gasteiger partial charge >= 0.3 is 6.18 Å². The SMILES string of the molecule is CC[C@H](NC(=O)Cn1cc(C(F)(F)F)ccc1=O)c1ccc(C)cc1. The molecule has 0 unspecified atom stereocenters. The summed E-state index contributed by atoms with van der Waals surface area (Å²) in [6.07, 6.45) is -3.29. The van der Waals surface area contributed by atoms with Gasteiger partial charge in [0, 0.05) is 12.3 Å². The lowest BCUT2D eigenvalue weighted by Gasteiger charge is -2.18. The van der Waals surface area contributed by atoms with Crippen LogP contribution in [0.3, 0.4) is 0 Å². The minimum absolute atomic E-state index is 0.269. The number of carbonyl (C=O) groups is 1. The fourth-order valence-corrected chi connectivity index (χ4v) is 2.44. The summed E-state index contributed by atoms with van der Waals surface area (Å²) in [4.78, 5) is 23.9. The molecule has 0 saturated carbocycles.